The minimum absolute atomic E-state index is 0.0824. The monoisotopic (exact) mass is 399 g/mol. The number of fused-ring (bicyclic) bond motifs is 1. The van der Waals surface area contributed by atoms with Crippen molar-refractivity contribution in [1.82, 2.24) is 15.2 Å². The molecule has 0 saturated carbocycles. The molecule has 7 heteroatoms. The standard InChI is InChI=1S/C22H26FN3O3/c1-13-21(16-11-15(23)7-8-17(16)25-13)22(27)24-12-18(26(2)3)14-6-9-19(28-4)20(10-14)29-5/h6-11,18,25H,12H2,1-5H3,(H,24,27). The Balaban J connectivity index is 1.84. The maximum absolute atomic E-state index is 13.7. The van der Waals surface area contributed by atoms with E-state index in [1.165, 1.54) is 12.1 Å². The van der Waals surface area contributed by atoms with Gasteiger partial charge in [0.1, 0.15) is 5.82 Å². The van der Waals surface area contributed by atoms with E-state index in [1.807, 2.05) is 44.1 Å². The summed E-state index contributed by atoms with van der Waals surface area (Å²) in [6, 6.07) is 10.0. The van der Waals surface area contributed by atoms with Crippen molar-refractivity contribution in [2.75, 3.05) is 34.9 Å². The van der Waals surface area contributed by atoms with E-state index in [0.29, 0.717) is 34.7 Å². The van der Waals surface area contributed by atoms with Gasteiger partial charge in [0.15, 0.2) is 11.5 Å². The SMILES string of the molecule is COc1ccc(C(CNC(=O)c2c(C)[nH]c3ccc(F)cc23)N(C)C)cc1OC. The third kappa shape index (κ3) is 4.19. The predicted octanol–water partition coefficient (Wildman–Crippen LogP) is 3.67. The zero-order chi connectivity index (χ0) is 21.1. The van der Waals surface area contributed by atoms with Gasteiger partial charge in [-0.25, -0.2) is 4.39 Å². The Morgan fingerprint density at radius 2 is 1.86 bits per heavy atom. The van der Waals surface area contributed by atoms with Gasteiger partial charge >= 0.3 is 0 Å². The second-order valence-electron chi connectivity index (χ2n) is 7.12. The number of rotatable bonds is 7. The van der Waals surface area contributed by atoms with Crippen LogP contribution in [0.15, 0.2) is 36.4 Å². The van der Waals surface area contributed by atoms with E-state index in [9.17, 15) is 9.18 Å². The Bertz CT molecular complexity index is 1030. The van der Waals surface area contributed by atoms with Gasteiger partial charge in [-0.3, -0.25) is 4.79 Å². The summed E-state index contributed by atoms with van der Waals surface area (Å²) in [6.07, 6.45) is 0. The van der Waals surface area contributed by atoms with Gasteiger partial charge < -0.3 is 24.7 Å². The van der Waals surface area contributed by atoms with Gasteiger partial charge in [0, 0.05) is 23.1 Å². The van der Waals surface area contributed by atoms with Crippen LogP contribution in [0.2, 0.25) is 0 Å². The van der Waals surface area contributed by atoms with Gasteiger partial charge in [-0.1, -0.05) is 6.07 Å². The highest BCUT2D eigenvalue weighted by Crippen LogP contribution is 2.31. The molecule has 154 valence electrons. The Kier molecular flexibility index (Phi) is 6.08. The Labute approximate surface area is 169 Å². The van der Waals surface area contributed by atoms with Crippen LogP contribution in [0.1, 0.15) is 27.7 Å². The number of carbonyl (C=O) groups is 1. The molecule has 1 heterocycles. The van der Waals surface area contributed by atoms with E-state index in [1.54, 1.807) is 20.3 Å². The fraction of sp³-hybridized carbons (Fsp3) is 0.318. The molecule has 2 N–H and O–H groups in total. The fourth-order valence-corrected chi connectivity index (χ4v) is 3.53. The summed E-state index contributed by atoms with van der Waals surface area (Å²) in [5.74, 6) is 0.661. The first-order valence-corrected chi connectivity index (χ1v) is 9.30. The fourth-order valence-electron chi connectivity index (χ4n) is 3.53. The first-order valence-electron chi connectivity index (χ1n) is 9.30. The Morgan fingerprint density at radius 3 is 2.52 bits per heavy atom. The number of aromatic amines is 1. The van der Waals surface area contributed by atoms with Gasteiger partial charge in [0.2, 0.25) is 0 Å². The Morgan fingerprint density at radius 1 is 1.14 bits per heavy atom. The van der Waals surface area contributed by atoms with E-state index in [0.717, 1.165) is 11.1 Å². The predicted molar refractivity (Wildman–Crippen MR) is 111 cm³/mol. The molecule has 1 atom stereocenters. The van der Waals surface area contributed by atoms with Crippen LogP contribution in [0.25, 0.3) is 10.9 Å². The molecule has 1 unspecified atom stereocenters. The summed E-state index contributed by atoms with van der Waals surface area (Å²) < 4.78 is 24.4. The molecule has 2 aromatic carbocycles. The number of nitrogens with one attached hydrogen (secondary N) is 2. The molecule has 3 aromatic rings. The zero-order valence-corrected chi connectivity index (χ0v) is 17.3. The number of halogens is 1. The molecule has 0 saturated heterocycles. The highest BCUT2D eigenvalue weighted by molar-refractivity contribution is 6.08. The Hall–Kier alpha value is -3.06. The summed E-state index contributed by atoms with van der Waals surface area (Å²) in [7, 11) is 7.07. The number of ether oxygens (including phenoxy) is 2. The van der Waals surface area contributed by atoms with Crippen LogP contribution in [-0.4, -0.2) is 50.7 Å². The van der Waals surface area contributed by atoms with Crippen LogP contribution in [0.4, 0.5) is 4.39 Å². The van der Waals surface area contributed by atoms with Gasteiger partial charge in [-0.05, 0) is 56.9 Å². The molecule has 0 fully saturated rings. The summed E-state index contributed by atoms with van der Waals surface area (Å²) in [5, 5.41) is 3.56. The topological polar surface area (TPSA) is 66.6 Å². The second kappa shape index (κ2) is 8.53. The van der Waals surface area contributed by atoms with Crippen LogP contribution >= 0.6 is 0 Å². The van der Waals surface area contributed by atoms with E-state index in [-0.39, 0.29) is 17.8 Å². The molecule has 0 aliphatic heterocycles. The van der Waals surface area contributed by atoms with Crippen molar-refractivity contribution >= 4 is 16.8 Å². The van der Waals surface area contributed by atoms with Crippen LogP contribution in [-0.2, 0) is 0 Å². The third-order valence-electron chi connectivity index (χ3n) is 5.05. The van der Waals surface area contributed by atoms with Crippen molar-refractivity contribution in [2.45, 2.75) is 13.0 Å². The smallest absolute Gasteiger partial charge is 0.253 e. The van der Waals surface area contributed by atoms with Crippen LogP contribution in [0.5, 0.6) is 11.5 Å². The highest BCUT2D eigenvalue weighted by atomic mass is 19.1. The van der Waals surface area contributed by atoms with Crippen molar-refractivity contribution in [2.24, 2.45) is 0 Å². The van der Waals surface area contributed by atoms with Crippen LogP contribution in [0.3, 0.4) is 0 Å². The third-order valence-corrected chi connectivity index (χ3v) is 5.05. The molecular formula is C22H26FN3O3. The molecule has 3 rings (SSSR count). The summed E-state index contributed by atoms with van der Waals surface area (Å²) >= 11 is 0. The lowest BCUT2D eigenvalue weighted by molar-refractivity contribution is 0.0943. The van der Waals surface area contributed by atoms with E-state index >= 15 is 0 Å². The summed E-state index contributed by atoms with van der Waals surface area (Å²) in [6.45, 7) is 2.19. The minimum Gasteiger partial charge on any atom is -0.493 e. The number of aryl methyl sites for hydroxylation is 1. The minimum atomic E-state index is -0.373. The average molecular weight is 399 g/mol. The molecule has 6 nitrogen and oxygen atoms in total. The largest absolute Gasteiger partial charge is 0.493 e. The normalized spacial score (nSPS) is 12.2. The van der Waals surface area contributed by atoms with Gasteiger partial charge in [-0.2, -0.15) is 0 Å². The first-order chi connectivity index (χ1) is 13.8. The number of nitrogens with zero attached hydrogens (tertiary/aromatic N) is 1. The van der Waals surface area contributed by atoms with E-state index < -0.39 is 0 Å². The number of H-pyrrole nitrogens is 1. The van der Waals surface area contributed by atoms with Crippen molar-refractivity contribution in [3.63, 3.8) is 0 Å². The quantitative estimate of drug-likeness (QED) is 0.636. The van der Waals surface area contributed by atoms with Crippen LogP contribution in [0, 0.1) is 12.7 Å². The lowest BCUT2D eigenvalue weighted by Gasteiger charge is -2.26. The maximum atomic E-state index is 13.7. The number of likely N-dealkylation sites (N-methyl/N-ethyl adjacent to an activating group) is 1. The van der Waals surface area contributed by atoms with Crippen molar-refractivity contribution in [1.29, 1.82) is 0 Å². The molecule has 0 spiro atoms. The molecule has 1 aromatic heterocycles. The number of benzene rings is 2. The lowest BCUT2D eigenvalue weighted by Crippen LogP contribution is -2.34. The average Bonchev–Trinajstić information content (AvgIpc) is 3.02. The van der Waals surface area contributed by atoms with Gasteiger partial charge in [0.05, 0.1) is 25.8 Å². The number of aromatic nitrogens is 1. The number of amides is 1. The lowest BCUT2D eigenvalue weighted by atomic mass is 10.0. The molecule has 0 aliphatic carbocycles. The molecule has 0 radical (unpaired) electrons. The number of hydrogen-bond donors (Lipinski definition) is 2. The van der Waals surface area contributed by atoms with Crippen molar-refractivity contribution < 1.29 is 18.7 Å². The molecular weight excluding hydrogens is 373 g/mol. The molecule has 0 bridgehead atoms. The first kappa shape index (κ1) is 20.7. The molecule has 29 heavy (non-hydrogen) atoms. The summed E-state index contributed by atoms with van der Waals surface area (Å²) in [4.78, 5) is 18.1. The van der Waals surface area contributed by atoms with Crippen molar-refractivity contribution in [3.8, 4) is 11.5 Å². The van der Waals surface area contributed by atoms with E-state index in [2.05, 4.69) is 10.3 Å². The summed E-state index contributed by atoms with van der Waals surface area (Å²) in [5.41, 5.74) is 2.88. The number of carbonyl (C=O) groups excluding carboxylic acids is 1. The second-order valence-corrected chi connectivity index (χ2v) is 7.12. The number of methoxy groups -OCH3 is 2. The van der Waals surface area contributed by atoms with Crippen LogP contribution < -0.4 is 14.8 Å². The molecule has 1 amide bonds. The highest BCUT2D eigenvalue weighted by Gasteiger charge is 2.21. The van der Waals surface area contributed by atoms with Crippen molar-refractivity contribution in [3.05, 3.63) is 59.0 Å². The van der Waals surface area contributed by atoms with E-state index in [4.69, 9.17) is 9.47 Å². The molecule has 0 aliphatic rings. The maximum Gasteiger partial charge on any atom is 0.253 e. The van der Waals surface area contributed by atoms with Gasteiger partial charge in [-0.15, -0.1) is 0 Å². The van der Waals surface area contributed by atoms with Gasteiger partial charge in [0.25, 0.3) is 5.91 Å². The number of hydrogen-bond acceptors (Lipinski definition) is 4. The zero-order valence-electron chi connectivity index (χ0n) is 17.3.